The molecule has 1 aliphatic heterocycles. The van der Waals surface area contributed by atoms with Crippen molar-refractivity contribution < 1.29 is 14.3 Å². The monoisotopic (exact) mass is 587 g/mol. The van der Waals surface area contributed by atoms with Crippen LogP contribution in [0.3, 0.4) is 0 Å². The molecular weight excluding hydrogens is 538 g/mol. The highest BCUT2D eigenvalue weighted by atomic mass is 16.5. The molecule has 8 heteroatoms. The predicted octanol–water partition coefficient (Wildman–Crippen LogP) is 7.43. The van der Waals surface area contributed by atoms with Crippen molar-refractivity contribution in [3.8, 4) is 11.3 Å². The van der Waals surface area contributed by atoms with E-state index in [1.165, 1.54) is 51.9 Å². The summed E-state index contributed by atoms with van der Waals surface area (Å²) >= 11 is 0. The molecule has 2 aliphatic carbocycles. The molecular formula is C35H49N5O3. The highest BCUT2D eigenvalue weighted by molar-refractivity contribution is 6.25. The Bertz CT molecular complexity index is 1360. The summed E-state index contributed by atoms with van der Waals surface area (Å²) in [6.45, 7) is 16.4. The number of anilines is 1. The molecule has 1 saturated heterocycles. The van der Waals surface area contributed by atoms with E-state index in [4.69, 9.17) is 4.74 Å². The third-order valence-corrected chi connectivity index (χ3v) is 8.51. The van der Waals surface area contributed by atoms with E-state index in [1.54, 1.807) is 0 Å². The molecule has 0 saturated carbocycles. The van der Waals surface area contributed by atoms with Crippen LogP contribution in [0.15, 0.2) is 48.3 Å². The minimum Gasteiger partial charge on any atom is -0.361 e. The van der Waals surface area contributed by atoms with Gasteiger partial charge in [-0.3, -0.25) is 14.7 Å². The van der Waals surface area contributed by atoms with Gasteiger partial charge in [0.1, 0.15) is 24.2 Å². The number of carbonyl (C=O) groups is 2. The number of hydrogen-bond donors (Lipinski definition) is 3. The molecule has 5 rings (SSSR count). The summed E-state index contributed by atoms with van der Waals surface area (Å²) in [5, 5.41) is 13.1. The molecule has 3 aliphatic rings. The van der Waals surface area contributed by atoms with Gasteiger partial charge in [-0.05, 0) is 43.7 Å². The smallest absolute Gasteiger partial charge is 0.200 e. The zero-order valence-corrected chi connectivity index (χ0v) is 26.6. The number of hydrogen-bond acceptors (Lipinski definition) is 7. The Labute approximate surface area is 257 Å². The number of nitrogens with one attached hydrogen (secondary N) is 3. The number of piperidine rings is 1. The van der Waals surface area contributed by atoms with Gasteiger partial charge in [0.15, 0.2) is 11.6 Å². The number of carbonyl (C=O) groups excluding carboxylic acids is 2. The number of Topliss-reactive ketones (excluding diaryl/α,β-unsaturated/α-hetero) is 1. The van der Waals surface area contributed by atoms with Crippen molar-refractivity contribution in [2.24, 2.45) is 5.92 Å². The van der Waals surface area contributed by atoms with Gasteiger partial charge < -0.3 is 15.5 Å². The van der Waals surface area contributed by atoms with E-state index >= 15 is 0 Å². The number of allylic oxidation sites excluding steroid dienone is 2. The number of ketones is 2. The van der Waals surface area contributed by atoms with E-state index in [-0.39, 0.29) is 18.2 Å². The first-order chi connectivity index (χ1) is 20.8. The number of aromatic amines is 1. The lowest BCUT2D eigenvalue weighted by molar-refractivity contribution is -0.121. The molecule has 8 nitrogen and oxygen atoms in total. The second-order valence-corrected chi connectivity index (χ2v) is 11.8. The van der Waals surface area contributed by atoms with E-state index in [1.807, 2.05) is 37.3 Å². The molecule has 1 fully saturated rings. The van der Waals surface area contributed by atoms with Crippen LogP contribution >= 0.6 is 0 Å². The van der Waals surface area contributed by atoms with Gasteiger partial charge in [0.25, 0.3) is 0 Å². The zero-order chi connectivity index (χ0) is 30.9. The quantitative estimate of drug-likeness (QED) is 0.179. The second kappa shape index (κ2) is 15.3. The Morgan fingerprint density at radius 1 is 1.09 bits per heavy atom. The number of aromatic nitrogens is 2. The molecule has 0 radical (unpaired) electrons. The van der Waals surface area contributed by atoms with Crippen molar-refractivity contribution in [1.29, 1.82) is 0 Å². The lowest BCUT2D eigenvalue weighted by atomic mass is 9.95. The third-order valence-electron chi connectivity index (χ3n) is 8.51. The Morgan fingerprint density at radius 2 is 1.81 bits per heavy atom. The van der Waals surface area contributed by atoms with Crippen LogP contribution in [0.2, 0.25) is 0 Å². The summed E-state index contributed by atoms with van der Waals surface area (Å²) in [7, 11) is 0. The predicted molar refractivity (Wildman–Crippen MR) is 175 cm³/mol. The van der Waals surface area contributed by atoms with Crippen molar-refractivity contribution in [2.75, 3.05) is 25.0 Å². The van der Waals surface area contributed by atoms with E-state index < -0.39 is 6.10 Å². The van der Waals surface area contributed by atoms with Crippen molar-refractivity contribution >= 4 is 22.8 Å². The number of fused-ring (bicyclic) bond motifs is 3. The summed E-state index contributed by atoms with van der Waals surface area (Å²) < 4.78 is 5.95. The maximum absolute atomic E-state index is 13.8. The normalized spacial score (nSPS) is 17.9. The summed E-state index contributed by atoms with van der Waals surface area (Å²) in [5.41, 5.74) is 9.16. The van der Waals surface area contributed by atoms with Crippen LogP contribution in [0.1, 0.15) is 108 Å². The van der Waals surface area contributed by atoms with E-state index in [0.717, 1.165) is 42.1 Å². The van der Waals surface area contributed by atoms with Gasteiger partial charge in [-0.25, -0.2) is 5.01 Å². The van der Waals surface area contributed by atoms with Gasteiger partial charge in [0, 0.05) is 24.2 Å². The van der Waals surface area contributed by atoms with Crippen molar-refractivity contribution in [1.82, 2.24) is 20.6 Å². The van der Waals surface area contributed by atoms with Gasteiger partial charge in [-0.15, -0.1) is 0 Å². The minimum absolute atomic E-state index is 0.0133. The molecule has 0 amide bonds. The third kappa shape index (κ3) is 7.54. The lowest BCUT2D eigenvalue weighted by Crippen LogP contribution is -2.44. The highest BCUT2D eigenvalue weighted by Gasteiger charge is 2.38. The van der Waals surface area contributed by atoms with Crippen molar-refractivity contribution in [3.63, 3.8) is 0 Å². The molecule has 3 N–H and O–H groups in total. The highest BCUT2D eigenvalue weighted by Crippen LogP contribution is 2.44. The first-order valence-electron chi connectivity index (χ1n) is 16.1. The number of H-pyrrole nitrogens is 1. The zero-order valence-electron chi connectivity index (χ0n) is 26.6. The van der Waals surface area contributed by atoms with Crippen LogP contribution in [-0.2, 0) is 9.53 Å². The molecule has 0 spiro atoms. The molecule has 232 valence electrons. The van der Waals surface area contributed by atoms with Crippen molar-refractivity contribution in [3.05, 3.63) is 65.1 Å². The molecule has 1 aromatic carbocycles. The van der Waals surface area contributed by atoms with Crippen LogP contribution in [0, 0.1) is 5.92 Å². The molecule has 2 aromatic rings. The fourth-order valence-corrected chi connectivity index (χ4v) is 6.01. The summed E-state index contributed by atoms with van der Waals surface area (Å²) in [6, 6.07) is 5.76. The van der Waals surface area contributed by atoms with Gasteiger partial charge in [0.2, 0.25) is 0 Å². The topological polar surface area (TPSA) is 99.3 Å². The van der Waals surface area contributed by atoms with Gasteiger partial charge in [-0.1, -0.05) is 90.7 Å². The van der Waals surface area contributed by atoms with Crippen LogP contribution in [-0.4, -0.2) is 52.6 Å². The minimum atomic E-state index is -0.392. The number of ether oxygens (including phenoxy) is 1. The maximum atomic E-state index is 13.8. The first kappa shape index (κ1) is 32.4. The fraction of sp³-hybridized carbons (Fsp3) is 0.514. The Kier molecular flexibility index (Phi) is 11.5. The van der Waals surface area contributed by atoms with Crippen LogP contribution in [0.25, 0.3) is 16.8 Å². The number of rotatable bonds is 13. The average Bonchev–Trinajstić information content (AvgIpc) is 3.70. The number of hydrazine groups is 1. The molecule has 43 heavy (non-hydrogen) atoms. The summed E-state index contributed by atoms with van der Waals surface area (Å²) in [4.78, 5) is 25.4. The lowest BCUT2D eigenvalue weighted by Gasteiger charge is -2.33. The van der Waals surface area contributed by atoms with Crippen LogP contribution in [0.4, 0.5) is 5.69 Å². The Balaban J connectivity index is 0.000000641. The van der Waals surface area contributed by atoms with E-state index in [2.05, 4.69) is 53.3 Å². The number of nitrogens with zero attached hydrogens (tertiary/aromatic N) is 2. The number of unbranched alkanes of at least 4 members (excludes halogenated alkanes) is 3. The van der Waals surface area contributed by atoms with Gasteiger partial charge in [-0.2, -0.15) is 5.10 Å². The summed E-state index contributed by atoms with van der Waals surface area (Å²) in [6.07, 6.45) is 13.4. The van der Waals surface area contributed by atoms with Crippen LogP contribution in [0.5, 0.6) is 0 Å². The average molecular weight is 588 g/mol. The maximum Gasteiger partial charge on any atom is 0.200 e. The molecule has 1 aromatic heterocycles. The van der Waals surface area contributed by atoms with Gasteiger partial charge in [0.05, 0.1) is 22.5 Å². The van der Waals surface area contributed by atoms with Crippen molar-refractivity contribution in [2.45, 2.75) is 92.1 Å². The molecule has 1 unspecified atom stereocenters. The Morgan fingerprint density at radius 3 is 2.44 bits per heavy atom. The number of benzene rings is 1. The second-order valence-electron chi connectivity index (χ2n) is 11.8. The molecule has 0 bridgehead atoms. The van der Waals surface area contributed by atoms with E-state index in [9.17, 15) is 9.59 Å². The Hall–Kier alpha value is -3.49. The standard InChI is InChI=1S/C29H35N5O3.C6H14/c1-5-19-12-14-34(15-13-19)33-18(4)30-23-9-7-8-21-24(23)28(36)25-26(21)31-32-27(25)22-11-10-20(6-2)29(22)37-16-17(3)35;1-3-5-6-4-2/h7-11,19,29-30,33H,4-6,12-16H2,1-3H3,(H,31,32);3-6H2,1-2H3. The molecule has 1 atom stereocenters. The van der Waals surface area contributed by atoms with E-state index in [0.29, 0.717) is 34.0 Å². The van der Waals surface area contributed by atoms with Crippen LogP contribution < -0.4 is 10.7 Å². The van der Waals surface area contributed by atoms with Gasteiger partial charge >= 0.3 is 0 Å². The SMILES string of the molecule is C=C(Nc1cccc2c1C(=O)c1c(C3=CC=C(CC)C3OCC(C)=O)n[nH]c1-2)NN1CCC(CC)CC1.CCCCCC. The molecule has 2 heterocycles. The first-order valence-corrected chi connectivity index (χ1v) is 16.1. The largest absolute Gasteiger partial charge is 0.361 e. The summed E-state index contributed by atoms with van der Waals surface area (Å²) in [5.74, 6) is 1.29. The fourth-order valence-electron chi connectivity index (χ4n) is 6.01.